The van der Waals surface area contributed by atoms with Crippen LogP contribution in [-0.4, -0.2) is 18.7 Å². The number of carbonyl (C=O) groups excluding carboxylic acids is 2. The molecule has 0 aromatic rings. The fourth-order valence-electron chi connectivity index (χ4n) is 0.765. The van der Waals surface area contributed by atoms with Crippen molar-refractivity contribution in [3.63, 3.8) is 0 Å². The molecule has 0 aromatic heterocycles. The summed E-state index contributed by atoms with van der Waals surface area (Å²) in [6, 6.07) is 0. The number of hydrogen-bond acceptors (Lipinski definition) is 2. The first-order chi connectivity index (χ1) is 5.49. The molecule has 3 heteroatoms. The molecule has 0 bridgehead atoms. The van der Waals surface area contributed by atoms with Gasteiger partial charge in [-0.2, -0.15) is 0 Å². The molecule has 0 saturated carbocycles. The van der Waals surface area contributed by atoms with Crippen LogP contribution in [-0.2, 0) is 9.59 Å². The van der Waals surface area contributed by atoms with Crippen molar-refractivity contribution in [3.8, 4) is 0 Å². The topological polar surface area (TPSA) is 46.2 Å². The molecule has 68 valence electrons. The molecule has 3 nitrogen and oxygen atoms in total. The number of carbonyl (C=O) groups is 2. The summed E-state index contributed by atoms with van der Waals surface area (Å²) in [5.41, 5.74) is 0.584. The molecule has 0 aliphatic carbocycles. The van der Waals surface area contributed by atoms with Gasteiger partial charge in [-0.15, -0.1) is 0 Å². The number of rotatable bonds is 3. The SMILES string of the molecule is CNC(=O)/C(C)=C/C(C)C(C)=O. The van der Waals surface area contributed by atoms with E-state index in [9.17, 15) is 9.59 Å². The number of ketones is 1. The van der Waals surface area contributed by atoms with E-state index in [1.54, 1.807) is 27.0 Å². The van der Waals surface area contributed by atoms with Gasteiger partial charge in [0.25, 0.3) is 0 Å². The van der Waals surface area contributed by atoms with Crippen LogP contribution in [0, 0.1) is 5.92 Å². The zero-order chi connectivity index (χ0) is 9.72. The van der Waals surface area contributed by atoms with Crippen LogP contribution in [0.15, 0.2) is 11.6 Å². The highest BCUT2D eigenvalue weighted by Gasteiger charge is 2.07. The minimum Gasteiger partial charge on any atom is -0.355 e. The summed E-state index contributed by atoms with van der Waals surface area (Å²) in [5.74, 6) is -0.247. The fraction of sp³-hybridized carbons (Fsp3) is 0.556. The van der Waals surface area contributed by atoms with Crippen LogP contribution in [0.25, 0.3) is 0 Å². The Morgan fingerprint density at radius 1 is 1.33 bits per heavy atom. The van der Waals surface area contributed by atoms with Crippen LogP contribution in [0.2, 0.25) is 0 Å². The molecule has 0 spiro atoms. The van der Waals surface area contributed by atoms with Crippen LogP contribution >= 0.6 is 0 Å². The van der Waals surface area contributed by atoms with E-state index in [0.29, 0.717) is 5.57 Å². The Morgan fingerprint density at radius 3 is 2.17 bits per heavy atom. The Bertz CT molecular complexity index is 219. The Labute approximate surface area is 72.8 Å². The second-order valence-corrected chi connectivity index (χ2v) is 2.83. The number of allylic oxidation sites excluding steroid dienone is 1. The van der Waals surface area contributed by atoms with Gasteiger partial charge in [0, 0.05) is 18.5 Å². The minimum atomic E-state index is -0.178. The van der Waals surface area contributed by atoms with E-state index in [0.717, 1.165) is 0 Å². The molecule has 0 radical (unpaired) electrons. The Kier molecular flexibility index (Phi) is 4.26. The monoisotopic (exact) mass is 169 g/mol. The predicted molar refractivity (Wildman–Crippen MR) is 47.7 cm³/mol. The first-order valence-electron chi connectivity index (χ1n) is 3.90. The van der Waals surface area contributed by atoms with Crippen molar-refractivity contribution in [1.82, 2.24) is 5.32 Å². The van der Waals surface area contributed by atoms with E-state index in [1.807, 2.05) is 0 Å². The van der Waals surface area contributed by atoms with E-state index in [-0.39, 0.29) is 17.6 Å². The number of amides is 1. The second-order valence-electron chi connectivity index (χ2n) is 2.83. The lowest BCUT2D eigenvalue weighted by molar-refractivity contribution is -0.118. The molecule has 0 rings (SSSR count). The van der Waals surface area contributed by atoms with Crippen molar-refractivity contribution in [1.29, 1.82) is 0 Å². The number of hydrogen-bond donors (Lipinski definition) is 1. The highest BCUT2D eigenvalue weighted by molar-refractivity contribution is 5.93. The molecule has 0 fully saturated rings. The van der Waals surface area contributed by atoms with Gasteiger partial charge in [0.05, 0.1) is 0 Å². The lowest BCUT2D eigenvalue weighted by atomic mass is 10.0. The molecule has 0 saturated heterocycles. The average molecular weight is 169 g/mol. The smallest absolute Gasteiger partial charge is 0.246 e. The molecule has 0 aliphatic rings. The maximum atomic E-state index is 11.0. The molecule has 1 amide bonds. The van der Waals surface area contributed by atoms with Crippen molar-refractivity contribution in [2.75, 3.05) is 7.05 Å². The van der Waals surface area contributed by atoms with E-state index in [2.05, 4.69) is 5.32 Å². The van der Waals surface area contributed by atoms with Gasteiger partial charge in [-0.1, -0.05) is 13.0 Å². The second kappa shape index (κ2) is 4.70. The Balaban J connectivity index is 4.35. The van der Waals surface area contributed by atoms with E-state index < -0.39 is 0 Å². The summed E-state index contributed by atoms with van der Waals surface area (Å²) in [6.45, 7) is 4.98. The maximum absolute atomic E-state index is 11.0. The zero-order valence-corrected chi connectivity index (χ0v) is 7.97. The number of likely N-dealkylation sites (N-methyl/N-ethyl adjacent to an activating group) is 1. The Hall–Kier alpha value is -1.12. The fourth-order valence-corrected chi connectivity index (χ4v) is 0.765. The number of nitrogens with one attached hydrogen (secondary N) is 1. The quantitative estimate of drug-likeness (QED) is 0.638. The van der Waals surface area contributed by atoms with Gasteiger partial charge in [-0.25, -0.2) is 0 Å². The third-order valence-electron chi connectivity index (χ3n) is 1.73. The lowest BCUT2D eigenvalue weighted by Gasteiger charge is -2.03. The van der Waals surface area contributed by atoms with E-state index in [1.165, 1.54) is 6.92 Å². The van der Waals surface area contributed by atoms with E-state index >= 15 is 0 Å². The van der Waals surface area contributed by atoms with Gasteiger partial charge in [-0.05, 0) is 13.8 Å². The van der Waals surface area contributed by atoms with Gasteiger partial charge in [0.1, 0.15) is 5.78 Å². The first kappa shape index (κ1) is 10.9. The zero-order valence-electron chi connectivity index (χ0n) is 7.97. The maximum Gasteiger partial charge on any atom is 0.246 e. The van der Waals surface area contributed by atoms with Crippen molar-refractivity contribution >= 4 is 11.7 Å². The summed E-state index contributed by atoms with van der Waals surface area (Å²) >= 11 is 0. The molecule has 1 N–H and O–H groups in total. The van der Waals surface area contributed by atoms with E-state index in [4.69, 9.17) is 0 Å². The molecular formula is C9H15NO2. The number of Topliss-reactive ketones (excluding diaryl/α,β-unsaturated/α-hetero) is 1. The van der Waals surface area contributed by atoms with Crippen LogP contribution in [0.3, 0.4) is 0 Å². The predicted octanol–water partition coefficient (Wildman–Crippen LogP) is 0.904. The van der Waals surface area contributed by atoms with Crippen molar-refractivity contribution in [3.05, 3.63) is 11.6 Å². The Morgan fingerprint density at radius 2 is 1.83 bits per heavy atom. The first-order valence-corrected chi connectivity index (χ1v) is 3.90. The van der Waals surface area contributed by atoms with Gasteiger partial charge in [-0.3, -0.25) is 9.59 Å². The van der Waals surface area contributed by atoms with Crippen LogP contribution < -0.4 is 5.32 Å². The van der Waals surface area contributed by atoms with Crippen molar-refractivity contribution < 1.29 is 9.59 Å². The van der Waals surface area contributed by atoms with Gasteiger partial charge < -0.3 is 5.32 Å². The molecule has 1 atom stereocenters. The molecule has 1 unspecified atom stereocenters. The summed E-state index contributed by atoms with van der Waals surface area (Å²) in [7, 11) is 1.57. The van der Waals surface area contributed by atoms with Crippen molar-refractivity contribution in [2.45, 2.75) is 20.8 Å². The highest BCUT2D eigenvalue weighted by atomic mass is 16.1. The standard InChI is InChI=1S/C9H15NO2/c1-6(8(3)11)5-7(2)9(12)10-4/h5-6H,1-4H3,(H,10,12)/b7-5+. The third kappa shape index (κ3) is 3.32. The summed E-state index contributed by atoms with van der Waals surface area (Å²) < 4.78 is 0. The highest BCUT2D eigenvalue weighted by Crippen LogP contribution is 2.03. The van der Waals surface area contributed by atoms with Crippen LogP contribution in [0.5, 0.6) is 0 Å². The summed E-state index contributed by atoms with van der Waals surface area (Å²) in [5, 5.41) is 2.49. The molecular weight excluding hydrogens is 154 g/mol. The van der Waals surface area contributed by atoms with Crippen LogP contribution in [0.1, 0.15) is 20.8 Å². The van der Waals surface area contributed by atoms with Gasteiger partial charge >= 0.3 is 0 Å². The van der Waals surface area contributed by atoms with Gasteiger partial charge in [0.2, 0.25) is 5.91 Å². The molecule has 0 heterocycles. The minimum absolute atomic E-state index is 0.0678. The average Bonchev–Trinajstić information content (AvgIpc) is 2.02. The van der Waals surface area contributed by atoms with Gasteiger partial charge in [0.15, 0.2) is 0 Å². The largest absolute Gasteiger partial charge is 0.355 e. The third-order valence-corrected chi connectivity index (χ3v) is 1.73. The lowest BCUT2D eigenvalue weighted by Crippen LogP contribution is -2.19. The molecule has 0 aromatic carbocycles. The van der Waals surface area contributed by atoms with Crippen LogP contribution in [0.4, 0.5) is 0 Å². The molecule has 12 heavy (non-hydrogen) atoms. The molecule has 0 aliphatic heterocycles. The normalized spacial score (nSPS) is 13.8. The van der Waals surface area contributed by atoms with Crippen molar-refractivity contribution in [2.24, 2.45) is 5.92 Å². The summed E-state index contributed by atoms with van der Waals surface area (Å²) in [6.07, 6.45) is 1.67. The summed E-state index contributed by atoms with van der Waals surface area (Å²) in [4.78, 5) is 21.8.